The van der Waals surface area contributed by atoms with Crippen molar-refractivity contribution in [2.45, 2.75) is 6.42 Å². The van der Waals surface area contributed by atoms with E-state index < -0.39 is 0 Å². The van der Waals surface area contributed by atoms with Crippen LogP contribution in [0, 0.1) is 11.3 Å². The fourth-order valence-electron chi connectivity index (χ4n) is 1.29. The van der Waals surface area contributed by atoms with E-state index in [-0.39, 0.29) is 0 Å². The van der Waals surface area contributed by atoms with Crippen molar-refractivity contribution < 1.29 is 4.74 Å². The highest BCUT2D eigenvalue weighted by atomic mass is 16.5. The lowest BCUT2D eigenvalue weighted by Crippen LogP contribution is -2.15. The van der Waals surface area contributed by atoms with Gasteiger partial charge in [-0.3, -0.25) is 0 Å². The molecule has 0 aliphatic rings. The van der Waals surface area contributed by atoms with Crippen LogP contribution < -0.4 is 10.5 Å². The fourth-order valence-corrected chi connectivity index (χ4v) is 1.29. The van der Waals surface area contributed by atoms with Gasteiger partial charge in [0.1, 0.15) is 5.75 Å². The molecule has 0 amide bonds. The Kier molecular flexibility index (Phi) is 4.62. The maximum atomic E-state index is 8.74. The number of rotatable bonds is 5. The maximum absolute atomic E-state index is 8.74. The molecule has 0 atom stereocenters. The number of nitrogen functional groups attached to an aromatic ring is 1. The minimum absolute atomic E-state index is 0.566. The monoisotopic (exact) mass is 219 g/mol. The third kappa shape index (κ3) is 3.79. The normalized spacial score (nSPS) is 10.1. The molecule has 2 N–H and O–H groups in total. The minimum Gasteiger partial charge on any atom is -0.491 e. The van der Waals surface area contributed by atoms with E-state index in [9.17, 15) is 0 Å². The van der Waals surface area contributed by atoms with Crippen LogP contribution in [0.25, 0.3) is 0 Å². The highest BCUT2D eigenvalue weighted by molar-refractivity contribution is 5.55. The first-order valence-electron chi connectivity index (χ1n) is 5.20. The van der Waals surface area contributed by atoms with Crippen molar-refractivity contribution >= 4 is 5.69 Å². The standard InChI is InChI=1S/C12H17N3O/c1-15(2)6-3-7-16-12-8-10(9-13)4-5-11(12)14/h4-5,8H,3,6-7,14H2,1-2H3. The van der Waals surface area contributed by atoms with Crippen LogP contribution in [0.15, 0.2) is 18.2 Å². The second kappa shape index (κ2) is 5.99. The summed E-state index contributed by atoms with van der Waals surface area (Å²) in [5.74, 6) is 0.595. The molecule has 0 fully saturated rings. The number of nitriles is 1. The number of nitrogens with two attached hydrogens (primary N) is 1. The first-order chi connectivity index (χ1) is 7.63. The Morgan fingerprint density at radius 2 is 2.19 bits per heavy atom. The van der Waals surface area contributed by atoms with Crippen molar-refractivity contribution in [3.8, 4) is 11.8 Å². The SMILES string of the molecule is CN(C)CCCOc1cc(C#N)ccc1N. The van der Waals surface area contributed by atoms with Gasteiger partial charge in [-0.1, -0.05) is 0 Å². The van der Waals surface area contributed by atoms with Gasteiger partial charge in [-0.2, -0.15) is 5.26 Å². The van der Waals surface area contributed by atoms with Crippen LogP contribution in [0.1, 0.15) is 12.0 Å². The number of ether oxygens (including phenoxy) is 1. The minimum atomic E-state index is 0.566. The second-order valence-corrected chi connectivity index (χ2v) is 3.87. The number of hydrogen-bond acceptors (Lipinski definition) is 4. The molecule has 1 rings (SSSR count). The Morgan fingerprint density at radius 3 is 2.81 bits per heavy atom. The van der Waals surface area contributed by atoms with Gasteiger partial charge in [-0.05, 0) is 32.6 Å². The summed E-state index contributed by atoms with van der Waals surface area (Å²) in [6, 6.07) is 7.11. The van der Waals surface area contributed by atoms with Crippen LogP contribution in [0.3, 0.4) is 0 Å². The van der Waals surface area contributed by atoms with Crippen molar-refractivity contribution in [1.82, 2.24) is 4.90 Å². The van der Waals surface area contributed by atoms with E-state index in [1.54, 1.807) is 18.2 Å². The van der Waals surface area contributed by atoms with Gasteiger partial charge in [-0.15, -0.1) is 0 Å². The summed E-state index contributed by atoms with van der Waals surface area (Å²) >= 11 is 0. The maximum Gasteiger partial charge on any atom is 0.143 e. The van der Waals surface area contributed by atoms with Gasteiger partial charge < -0.3 is 15.4 Å². The zero-order valence-corrected chi connectivity index (χ0v) is 9.73. The molecule has 0 saturated heterocycles. The van der Waals surface area contributed by atoms with Gasteiger partial charge in [-0.25, -0.2) is 0 Å². The Labute approximate surface area is 96.2 Å². The van der Waals surface area contributed by atoms with Gasteiger partial charge in [0.2, 0.25) is 0 Å². The summed E-state index contributed by atoms with van der Waals surface area (Å²) in [7, 11) is 4.04. The Morgan fingerprint density at radius 1 is 1.44 bits per heavy atom. The largest absolute Gasteiger partial charge is 0.491 e. The van der Waals surface area contributed by atoms with Crippen LogP contribution in [-0.4, -0.2) is 32.1 Å². The summed E-state index contributed by atoms with van der Waals surface area (Å²) in [5.41, 5.74) is 6.88. The average Bonchev–Trinajstić information content (AvgIpc) is 2.26. The van der Waals surface area contributed by atoms with E-state index in [1.807, 2.05) is 14.1 Å². The molecule has 0 bridgehead atoms. The fraction of sp³-hybridized carbons (Fsp3) is 0.417. The van der Waals surface area contributed by atoms with E-state index in [1.165, 1.54) is 0 Å². The molecular weight excluding hydrogens is 202 g/mol. The van der Waals surface area contributed by atoms with Gasteiger partial charge in [0.05, 0.1) is 23.9 Å². The molecule has 0 aromatic heterocycles. The van der Waals surface area contributed by atoms with Crippen molar-refractivity contribution in [3.63, 3.8) is 0 Å². The molecule has 4 heteroatoms. The number of anilines is 1. The van der Waals surface area contributed by atoms with Gasteiger partial charge >= 0.3 is 0 Å². The van der Waals surface area contributed by atoms with Crippen molar-refractivity contribution in [3.05, 3.63) is 23.8 Å². The number of benzene rings is 1. The summed E-state index contributed by atoms with van der Waals surface area (Å²) in [6.07, 6.45) is 0.934. The van der Waals surface area contributed by atoms with E-state index in [4.69, 9.17) is 15.7 Å². The van der Waals surface area contributed by atoms with Gasteiger partial charge in [0.15, 0.2) is 0 Å². The molecule has 86 valence electrons. The first-order valence-corrected chi connectivity index (χ1v) is 5.20. The lowest BCUT2D eigenvalue weighted by atomic mass is 10.2. The van der Waals surface area contributed by atoms with Gasteiger partial charge in [0, 0.05) is 12.6 Å². The Balaban J connectivity index is 2.50. The first kappa shape index (κ1) is 12.3. The molecule has 0 aliphatic carbocycles. The van der Waals surface area contributed by atoms with E-state index in [0.29, 0.717) is 23.6 Å². The molecule has 1 aromatic carbocycles. The highest BCUT2D eigenvalue weighted by Crippen LogP contribution is 2.22. The highest BCUT2D eigenvalue weighted by Gasteiger charge is 2.02. The molecule has 0 radical (unpaired) electrons. The third-order valence-electron chi connectivity index (χ3n) is 2.15. The predicted octanol–water partition coefficient (Wildman–Crippen LogP) is 1.47. The topological polar surface area (TPSA) is 62.3 Å². The molecular formula is C12H17N3O. The average molecular weight is 219 g/mol. The Bertz CT molecular complexity index is 382. The lowest BCUT2D eigenvalue weighted by Gasteiger charge is -2.11. The molecule has 0 heterocycles. The van der Waals surface area contributed by atoms with E-state index in [2.05, 4.69) is 11.0 Å². The summed E-state index contributed by atoms with van der Waals surface area (Å²) in [6.45, 7) is 1.58. The van der Waals surface area contributed by atoms with Crippen molar-refractivity contribution in [2.24, 2.45) is 0 Å². The molecule has 1 aromatic rings. The van der Waals surface area contributed by atoms with E-state index in [0.717, 1.165) is 13.0 Å². The van der Waals surface area contributed by atoms with Gasteiger partial charge in [0.25, 0.3) is 0 Å². The predicted molar refractivity (Wildman–Crippen MR) is 64.2 cm³/mol. The number of hydrogen-bond donors (Lipinski definition) is 1. The smallest absolute Gasteiger partial charge is 0.143 e. The van der Waals surface area contributed by atoms with Crippen LogP contribution >= 0.6 is 0 Å². The Hall–Kier alpha value is -1.73. The third-order valence-corrected chi connectivity index (χ3v) is 2.15. The molecule has 4 nitrogen and oxygen atoms in total. The van der Waals surface area contributed by atoms with E-state index >= 15 is 0 Å². The summed E-state index contributed by atoms with van der Waals surface area (Å²) < 4.78 is 5.53. The van der Waals surface area contributed by atoms with Crippen LogP contribution in [-0.2, 0) is 0 Å². The summed E-state index contributed by atoms with van der Waals surface area (Å²) in [4.78, 5) is 2.10. The molecule has 0 unspecified atom stereocenters. The summed E-state index contributed by atoms with van der Waals surface area (Å²) in [5, 5.41) is 8.74. The van der Waals surface area contributed by atoms with Crippen LogP contribution in [0.5, 0.6) is 5.75 Å². The molecule has 0 aliphatic heterocycles. The zero-order chi connectivity index (χ0) is 12.0. The zero-order valence-electron chi connectivity index (χ0n) is 9.73. The second-order valence-electron chi connectivity index (χ2n) is 3.87. The van der Waals surface area contributed by atoms with Crippen molar-refractivity contribution in [1.29, 1.82) is 5.26 Å². The van der Waals surface area contributed by atoms with Crippen molar-refractivity contribution in [2.75, 3.05) is 33.0 Å². The van der Waals surface area contributed by atoms with Crippen LogP contribution in [0.4, 0.5) is 5.69 Å². The molecule has 0 saturated carbocycles. The van der Waals surface area contributed by atoms with Crippen LogP contribution in [0.2, 0.25) is 0 Å². The number of nitrogens with zero attached hydrogens (tertiary/aromatic N) is 2. The molecule has 16 heavy (non-hydrogen) atoms. The lowest BCUT2D eigenvalue weighted by molar-refractivity contribution is 0.283. The quantitative estimate of drug-likeness (QED) is 0.601. The molecule has 0 spiro atoms.